The topological polar surface area (TPSA) is 21.3 Å². The van der Waals surface area contributed by atoms with Crippen LogP contribution in [0, 0.1) is 5.41 Å². The SMILES string of the molecule is CCCOCCNCC(C)(C)CCCCl. The molecule has 1 N–H and O–H groups in total. The maximum absolute atomic E-state index is 5.69. The number of halogens is 1. The van der Waals surface area contributed by atoms with Gasteiger partial charge >= 0.3 is 0 Å². The largest absolute Gasteiger partial charge is 0.380 e. The summed E-state index contributed by atoms with van der Waals surface area (Å²) in [5.41, 5.74) is 0.347. The molecule has 0 spiro atoms. The van der Waals surface area contributed by atoms with E-state index in [-0.39, 0.29) is 0 Å². The van der Waals surface area contributed by atoms with Gasteiger partial charge in [-0.2, -0.15) is 0 Å². The molecule has 0 rings (SSSR count). The highest BCUT2D eigenvalue weighted by Crippen LogP contribution is 2.21. The fourth-order valence-electron chi connectivity index (χ4n) is 1.45. The fourth-order valence-corrected chi connectivity index (χ4v) is 1.58. The predicted molar refractivity (Wildman–Crippen MR) is 67.7 cm³/mol. The molecule has 2 nitrogen and oxygen atoms in total. The van der Waals surface area contributed by atoms with Gasteiger partial charge in [0.15, 0.2) is 0 Å². The van der Waals surface area contributed by atoms with Gasteiger partial charge in [-0.25, -0.2) is 0 Å². The van der Waals surface area contributed by atoms with Gasteiger partial charge in [0.2, 0.25) is 0 Å². The van der Waals surface area contributed by atoms with Crippen molar-refractivity contribution in [2.45, 2.75) is 40.0 Å². The van der Waals surface area contributed by atoms with Crippen molar-refractivity contribution in [3.8, 4) is 0 Å². The Morgan fingerprint density at radius 2 is 2.00 bits per heavy atom. The Bertz CT molecular complexity index is 140. The van der Waals surface area contributed by atoms with E-state index in [1.807, 2.05) is 0 Å². The molecule has 0 fully saturated rings. The first-order valence-electron chi connectivity index (χ1n) is 5.97. The summed E-state index contributed by atoms with van der Waals surface area (Å²) in [5.74, 6) is 0.767. The number of alkyl halides is 1. The highest BCUT2D eigenvalue weighted by molar-refractivity contribution is 6.17. The Morgan fingerprint density at radius 1 is 1.27 bits per heavy atom. The Kier molecular flexibility index (Phi) is 9.57. The summed E-state index contributed by atoms with van der Waals surface area (Å²) in [6.45, 7) is 10.4. The zero-order valence-corrected chi connectivity index (χ0v) is 11.2. The first kappa shape index (κ1) is 15.2. The van der Waals surface area contributed by atoms with Gasteiger partial charge in [0.25, 0.3) is 0 Å². The molecular formula is C12H26ClNO. The molecule has 15 heavy (non-hydrogen) atoms. The molecule has 0 aromatic carbocycles. The molecular weight excluding hydrogens is 210 g/mol. The first-order chi connectivity index (χ1) is 7.12. The van der Waals surface area contributed by atoms with E-state index < -0.39 is 0 Å². The minimum atomic E-state index is 0.347. The van der Waals surface area contributed by atoms with Crippen LogP contribution in [0.3, 0.4) is 0 Å². The average Bonchev–Trinajstić information content (AvgIpc) is 2.20. The normalized spacial score (nSPS) is 12.0. The summed E-state index contributed by atoms with van der Waals surface area (Å²) in [6.07, 6.45) is 3.38. The van der Waals surface area contributed by atoms with Gasteiger partial charge in [0, 0.05) is 25.6 Å². The summed E-state index contributed by atoms with van der Waals surface area (Å²) >= 11 is 5.69. The van der Waals surface area contributed by atoms with Crippen molar-refractivity contribution in [2.75, 3.05) is 32.2 Å². The molecule has 0 aliphatic heterocycles. The van der Waals surface area contributed by atoms with Crippen molar-refractivity contribution in [3.05, 3.63) is 0 Å². The zero-order valence-electron chi connectivity index (χ0n) is 10.4. The lowest BCUT2D eigenvalue weighted by molar-refractivity contribution is 0.133. The van der Waals surface area contributed by atoms with Gasteiger partial charge in [-0.3, -0.25) is 0 Å². The van der Waals surface area contributed by atoms with E-state index in [0.29, 0.717) is 5.41 Å². The number of ether oxygens (including phenoxy) is 1. The molecule has 0 heterocycles. The number of nitrogens with one attached hydrogen (secondary N) is 1. The van der Waals surface area contributed by atoms with Crippen molar-refractivity contribution in [3.63, 3.8) is 0 Å². The maximum Gasteiger partial charge on any atom is 0.0590 e. The molecule has 0 bridgehead atoms. The van der Waals surface area contributed by atoms with E-state index in [2.05, 4.69) is 26.1 Å². The van der Waals surface area contributed by atoms with Crippen LogP contribution < -0.4 is 5.32 Å². The Balaban J connectivity index is 3.32. The number of rotatable bonds is 10. The van der Waals surface area contributed by atoms with Crippen LogP contribution in [0.5, 0.6) is 0 Å². The minimum Gasteiger partial charge on any atom is -0.380 e. The third-order valence-electron chi connectivity index (χ3n) is 2.36. The second-order valence-electron chi connectivity index (χ2n) is 4.75. The molecule has 0 atom stereocenters. The lowest BCUT2D eigenvalue weighted by Gasteiger charge is -2.24. The van der Waals surface area contributed by atoms with Crippen LogP contribution in [-0.2, 0) is 4.74 Å². The Hall–Kier alpha value is 0.210. The van der Waals surface area contributed by atoms with Crippen LogP contribution in [0.15, 0.2) is 0 Å². The van der Waals surface area contributed by atoms with Crippen LogP contribution in [0.4, 0.5) is 0 Å². The molecule has 0 aromatic heterocycles. The van der Waals surface area contributed by atoms with Gasteiger partial charge in [0.05, 0.1) is 6.61 Å². The highest BCUT2D eigenvalue weighted by Gasteiger charge is 2.15. The van der Waals surface area contributed by atoms with E-state index in [1.54, 1.807) is 0 Å². The molecule has 0 aliphatic carbocycles. The predicted octanol–water partition coefficient (Wildman–Crippen LogP) is 3.05. The van der Waals surface area contributed by atoms with E-state index in [9.17, 15) is 0 Å². The molecule has 0 aliphatic rings. The molecule has 92 valence electrons. The quantitative estimate of drug-likeness (QED) is 0.464. The summed E-state index contributed by atoms with van der Waals surface area (Å²) in [7, 11) is 0. The van der Waals surface area contributed by atoms with Gasteiger partial charge in [-0.15, -0.1) is 11.6 Å². The smallest absolute Gasteiger partial charge is 0.0590 e. The van der Waals surface area contributed by atoms with Gasteiger partial charge < -0.3 is 10.1 Å². The lowest BCUT2D eigenvalue weighted by atomic mass is 9.88. The molecule has 0 radical (unpaired) electrons. The number of hydrogen-bond acceptors (Lipinski definition) is 2. The van der Waals surface area contributed by atoms with Crippen LogP contribution in [0.1, 0.15) is 40.0 Å². The van der Waals surface area contributed by atoms with Gasteiger partial charge in [-0.05, 0) is 24.7 Å². The van der Waals surface area contributed by atoms with Crippen molar-refractivity contribution < 1.29 is 4.74 Å². The van der Waals surface area contributed by atoms with Gasteiger partial charge in [-0.1, -0.05) is 20.8 Å². The van der Waals surface area contributed by atoms with Crippen molar-refractivity contribution >= 4 is 11.6 Å². The monoisotopic (exact) mass is 235 g/mol. The molecule has 0 amide bonds. The standard InChI is InChI=1S/C12H26ClNO/c1-4-9-15-10-8-14-11-12(2,3)6-5-7-13/h14H,4-11H2,1-3H3. The molecule has 3 heteroatoms. The van der Waals surface area contributed by atoms with Crippen LogP contribution in [-0.4, -0.2) is 32.2 Å². The second kappa shape index (κ2) is 9.44. The maximum atomic E-state index is 5.69. The third kappa shape index (κ3) is 10.5. The van der Waals surface area contributed by atoms with E-state index >= 15 is 0 Å². The van der Waals surface area contributed by atoms with Crippen LogP contribution in [0.2, 0.25) is 0 Å². The summed E-state index contributed by atoms with van der Waals surface area (Å²) < 4.78 is 5.40. The molecule has 0 unspecified atom stereocenters. The summed E-state index contributed by atoms with van der Waals surface area (Å²) in [6, 6.07) is 0. The lowest BCUT2D eigenvalue weighted by Crippen LogP contribution is -2.31. The van der Waals surface area contributed by atoms with Crippen LogP contribution in [0.25, 0.3) is 0 Å². The second-order valence-corrected chi connectivity index (χ2v) is 5.12. The molecule has 0 aromatic rings. The van der Waals surface area contributed by atoms with Crippen molar-refractivity contribution in [2.24, 2.45) is 5.41 Å². The summed E-state index contributed by atoms with van der Waals surface area (Å²) in [5, 5.41) is 3.43. The Morgan fingerprint density at radius 3 is 2.60 bits per heavy atom. The fraction of sp³-hybridized carbons (Fsp3) is 1.00. The van der Waals surface area contributed by atoms with E-state index in [1.165, 1.54) is 6.42 Å². The van der Waals surface area contributed by atoms with Crippen LogP contribution >= 0.6 is 11.6 Å². The zero-order chi connectivity index (χ0) is 11.6. The van der Waals surface area contributed by atoms with Crippen molar-refractivity contribution in [1.29, 1.82) is 0 Å². The van der Waals surface area contributed by atoms with Crippen molar-refractivity contribution in [1.82, 2.24) is 5.32 Å². The third-order valence-corrected chi connectivity index (χ3v) is 2.63. The minimum absolute atomic E-state index is 0.347. The first-order valence-corrected chi connectivity index (χ1v) is 6.50. The molecule has 0 saturated carbocycles. The Labute approximate surface area is 99.7 Å². The number of hydrogen-bond donors (Lipinski definition) is 1. The highest BCUT2D eigenvalue weighted by atomic mass is 35.5. The summed E-state index contributed by atoms with van der Waals surface area (Å²) in [4.78, 5) is 0. The molecule has 0 saturated heterocycles. The average molecular weight is 236 g/mol. The van der Waals surface area contributed by atoms with Gasteiger partial charge in [0.1, 0.15) is 0 Å². The van der Waals surface area contributed by atoms with E-state index in [4.69, 9.17) is 16.3 Å². The van der Waals surface area contributed by atoms with E-state index in [0.717, 1.165) is 45.0 Å².